The normalized spacial score (nSPS) is 23.3. The molecule has 0 bridgehead atoms. The van der Waals surface area contributed by atoms with E-state index < -0.39 is 37.5 Å². The summed E-state index contributed by atoms with van der Waals surface area (Å²) in [5, 5.41) is 0. The van der Waals surface area contributed by atoms with Crippen LogP contribution in [0, 0.1) is 11.8 Å². The van der Waals surface area contributed by atoms with Gasteiger partial charge in [-0.25, -0.2) is 0 Å². The molecule has 1 fully saturated rings. The Morgan fingerprint density at radius 3 is 2.41 bits per heavy atom. The SMILES string of the molecule is CCOP(=O)(OCC)C(F)(F)C[C@@H]1CCOC[C@H]1C(=O)OC. The number of carbonyl (C=O) groups excluding carboxylic acids is 1. The zero-order chi connectivity index (χ0) is 16.8. The molecule has 1 saturated heterocycles. The van der Waals surface area contributed by atoms with Gasteiger partial charge >= 0.3 is 19.2 Å². The van der Waals surface area contributed by atoms with Gasteiger partial charge in [0, 0.05) is 13.0 Å². The summed E-state index contributed by atoms with van der Waals surface area (Å²) in [6, 6.07) is 0. The Kier molecular flexibility index (Phi) is 7.38. The lowest BCUT2D eigenvalue weighted by atomic mass is 9.86. The van der Waals surface area contributed by atoms with Crippen LogP contribution >= 0.6 is 7.60 Å². The Bertz CT molecular complexity index is 407. The Labute approximate surface area is 129 Å². The third kappa shape index (κ3) is 4.47. The van der Waals surface area contributed by atoms with Crippen LogP contribution in [0.2, 0.25) is 0 Å². The number of esters is 1. The van der Waals surface area contributed by atoms with E-state index in [2.05, 4.69) is 4.74 Å². The van der Waals surface area contributed by atoms with Crippen molar-refractivity contribution < 1.29 is 36.7 Å². The highest BCUT2D eigenvalue weighted by Gasteiger charge is 2.55. The number of methoxy groups -OCH3 is 1. The molecule has 1 rings (SSSR count). The summed E-state index contributed by atoms with van der Waals surface area (Å²) in [4.78, 5) is 11.7. The second kappa shape index (κ2) is 8.34. The van der Waals surface area contributed by atoms with Crippen LogP contribution in [0.5, 0.6) is 0 Å². The first-order chi connectivity index (χ1) is 10.3. The number of ether oxygens (including phenoxy) is 2. The van der Waals surface area contributed by atoms with Crippen LogP contribution in [0.1, 0.15) is 26.7 Å². The van der Waals surface area contributed by atoms with E-state index in [9.17, 15) is 18.1 Å². The van der Waals surface area contributed by atoms with Gasteiger partial charge in [-0.2, -0.15) is 8.78 Å². The smallest absolute Gasteiger partial charge is 0.399 e. The molecule has 0 amide bonds. The van der Waals surface area contributed by atoms with E-state index in [1.165, 1.54) is 21.0 Å². The van der Waals surface area contributed by atoms with Gasteiger partial charge in [-0.1, -0.05) is 0 Å². The first-order valence-electron chi connectivity index (χ1n) is 7.24. The fourth-order valence-corrected chi connectivity index (χ4v) is 4.02. The highest BCUT2D eigenvalue weighted by atomic mass is 31.2. The Balaban J connectivity index is 2.91. The molecule has 0 saturated carbocycles. The summed E-state index contributed by atoms with van der Waals surface area (Å²) in [6.07, 6.45) is -0.513. The number of alkyl halides is 2. The molecule has 6 nitrogen and oxygen atoms in total. The van der Waals surface area contributed by atoms with Crippen LogP contribution in [0.25, 0.3) is 0 Å². The molecule has 0 aromatic carbocycles. The lowest BCUT2D eigenvalue weighted by Gasteiger charge is -2.34. The van der Waals surface area contributed by atoms with Gasteiger partial charge in [-0.3, -0.25) is 9.36 Å². The average molecular weight is 344 g/mol. The summed E-state index contributed by atoms with van der Waals surface area (Å²) >= 11 is 0. The minimum absolute atomic E-state index is 0.0149. The van der Waals surface area contributed by atoms with E-state index in [0.29, 0.717) is 0 Å². The van der Waals surface area contributed by atoms with Crippen LogP contribution in [0.3, 0.4) is 0 Å². The third-order valence-corrected chi connectivity index (χ3v) is 5.69. The molecule has 1 aliphatic rings. The Morgan fingerprint density at radius 2 is 1.91 bits per heavy atom. The molecule has 130 valence electrons. The van der Waals surface area contributed by atoms with Gasteiger partial charge < -0.3 is 18.5 Å². The number of rotatable bonds is 8. The van der Waals surface area contributed by atoms with E-state index >= 15 is 0 Å². The van der Waals surface area contributed by atoms with E-state index in [1.54, 1.807) is 0 Å². The van der Waals surface area contributed by atoms with Gasteiger partial charge in [0.25, 0.3) is 0 Å². The molecule has 0 aromatic heterocycles. The maximum atomic E-state index is 14.5. The van der Waals surface area contributed by atoms with Gasteiger partial charge in [0.15, 0.2) is 0 Å². The maximum Gasteiger partial charge on any atom is 0.399 e. The minimum Gasteiger partial charge on any atom is -0.469 e. The highest BCUT2D eigenvalue weighted by Crippen LogP contribution is 2.64. The molecule has 0 N–H and O–H groups in total. The first-order valence-corrected chi connectivity index (χ1v) is 8.78. The molecule has 0 spiro atoms. The molecule has 1 heterocycles. The van der Waals surface area contributed by atoms with Gasteiger partial charge in [0.2, 0.25) is 0 Å². The molecular formula is C13H23F2O6P. The molecule has 0 aliphatic carbocycles. The second-order valence-corrected chi connectivity index (χ2v) is 7.12. The fourth-order valence-electron chi connectivity index (χ4n) is 2.43. The number of hydrogen-bond acceptors (Lipinski definition) is 6. The van der Waals surface area contributed by atoms with Crippen molar-refractivity contribution in [2.24, 2.45) is 11.8 Å². The van der Waals surface area contributed by atoms with Crippen LogP contribution < -0.4 is 0 Å². The maximum absolute atomic E-state index is 14.5. The highest BCUT2D eigenvalue weighted by molar-refractivity contribution is 7.55. The van der Waals surface area contributed by atoms with Crippen molar-refractivity contribution in [3.63, 3.8) is 0 Å². The van der Waals surface area contributed by atoms with Crippen molar-refractivity contribution in [2.45, 2.75) is 32.4 Å². The predicted molar refractivity (Wildman–Crippen MR) is 74.9 cm³/mol. The molecule has 0 radical (unpaired) electrons. The predicted octanol–water partition coefficient (Wildman–Crippen LogP) is 3.06. The summed E-state index contributed by atoms with van der Waals surface area (Å²) in [5.41, 5.74) is -3.67. The Hall–Kier alpha value is -0.560. The number of halogens is 2. The van der Waals surface area contributed by atoms with Crippen LogP contribution in [0.4, 0.5) is 8.78 Å². The van der Waals surface area contributed by atoms with Gasteiger partial charge in [-0.15, -0.1) is 0 Å². The largest absolute Gasteiger partial charge is 0.469 e. The first kappa shape index (κ1) is 19.5. The monoisotopic (exact) mass is 344 g/mol. The summed E-state index contributed by atoms with van der Waals surface area (Å²) in [7, 11) is -3.39. The van der Waals surface area contributed by atoms with Crippen molar-refractivity contribution in [1.82, 2.24) is 0 Å². The molecule has 2 atom stereocenters. The quantitative estimate of drug-likeness (QED) is 0.498. The van der Waals surface area contributed by atoms with E-state index in [4.69, 9.17) is 13.8 Å². The molecule has 1 aliphatic heterocycles. The van der Waals surface area contributed by atoms with Crippen LogP contribution in [-0.2, 0) is 27.9 Å². The van der Waals surface area contributed by atoms with Crippen molar-refractivity contribution in [3.8, 4) is 0 Å². The summed E-state index contributed by atoms with van der Waals surface area (Å²) in [6.45, 7) is 2.91. The fraction of sp³-hybridized carbons (Fsp3) is 0.923. The molecule has 0 unspecified atom stereocenters. The summed E-state index contributed by atoms with van der Waals surface area (Å²) in [5.74, 6) is -2.12. The van der Waals surface area contributed by atoms with E-state index in [1.807, 2.05) is 0 Å². The Morgan fingerprint density at radius 1 is 1.32 bits per heavy atom. The van der Waals surface area contributed by atoms with Gasteiger partial charge in [0.05, 0.1) is 32.8 Å². The molecule has 22 heavy (non-hydrogen) atoms. The average Bonchev–Trinajstić information content (AvgIpc) is 2.47. The number of carbonyl (C=O) groups is 1. The van der Waals surface area contributed by atoms with Crippen molar-refractivity contribution in [2.75, 3.05) is 33.5 Å². The lowest BCUT2D eigenvalue weighted by Crippen LogP contribution is -2.38. The van der Waals surface area contributed by atoms with Crippen molar-refractivity contribution in [1.29, 1.82) is 0 Å². The standard InChI is InChI=1S/C13H23F2O6P/c1-4-20-22(17,21-5-2)13(14,15)8-10-6-7-19-9-11(10)12(16)18-3/h10-11H,4-9H2,1-3H3/t10-,11+/m0/s1. The molecule has 9 heteroatoms. The third-order valence-electron chi connectivity index (χ3n) is 3.51. The van der Waals surface area contributed by atoms with Crippen molar-refractivity contribution >= 4 is 13.6 Å². The summed E-state index contributed by atoms with van der Waals surface area (Å²) < 4.78 is 60.5. The van der Waals surface area contributed by atoms with Crippen LogP contribution in [0.15, 0.2) is 0 Å². The number of hydrogen-bond donors (Lipinski definition) is 0. The molecule has 0 aromatic rings. The minimum atomic E-state index is -4.58. The lowest BCUT2D eigenvalue weighted by molar-refractivity contribution is -0.154. The zero-order valence-corrected chi connectivity index (χ0v) is 13.9. The topological polar surface area (TPSA) is 71.1 Å². The van der Waals surface area contributed by atoms with Crippen LogP contribution in [-0.4, -0.2) is 45.2 Å². The molecular weight excluding hydrogens is 321 g/mol. The van der Waals surface area contributed by atoms with E-state index in [-0.39, 0.29) is 32.8 Å². The zero-order valence-electron chi connectivity index (χ0n) is 13.0. The second-order valence-electron chi connectivity index (χ2n) is 4.96. The van der Waals surface area contributed by atoms with Crippen molar-refractivity contribution in [3.05, 3.63) is 0 Å². The van der Waals surface area contributed by atoms with E-state index in [0.717, 1.165) is 0 Å². The van der Waals surface area contributed by atoms with Gasteiger partial charge in [0.1, 0.15) is 0 Å². The van der Waals surface area contributed by atoms with Gasteiger partial charge in [-0.05, 0) is 26.2 Å².